The summed E-state index contributed by atoms with van der Waals surface area (Å²) < 4.78 is 11.7. The van der Waals surface area contributed by atoms with Gasteiger partial charge in [-0.3, -0.25) is 4.90 Å². The van der Waals surface area contributed by atoms with Crippen LogP contribution >= 0.6 is 0 Å². The molecule has 0 radical (unpaired) electrons. The van der Waals surface area contributed by atoms with Gasteiger partial charge < -0.3 is 9.47 Å². The fourth-order valence-electron chi connectivity index (χ4n) is 3.64. The lowest BCUT2D eigenvalue weighted by Gasteiger charge is -2.24. The predicted octanol–water partition coefficient (Wildman–Crippen LogP) is 4.64. The summed E-state index contributed by atoms with van der Waals surface area (Å²) in [4.78, 5) is 14.9. The number of ether oxygens (including phenoxy) is 2. The molecule has 1 atom stereocenters. The number of carbonyl (C=O) groups excluding carboxylic acids is 1. The molecule has 0 aliphatic carbocycles. The molecular formula is C23H29NO3. The van der Waals surface area contributed by atoms with Gasteiger partial charge in [0.05, 0.1) is 5.56 Å². The molecule has 0 fully saturated rings. The molecule has 2 aromatic carbocycles. The molecule has 0 bridgehead atoms. The highest BCUT2D eigenvalue weighted by atomic mass is 16.5. The fourth-order valence-corrected chi connectivity index (χ4v) is 3.64. The van der Waals surface area contributed by atoms with Gasteiger partial charge in [0.2, 0.25) is 0 Å². The summed E-state index contributed by atoms with van der Waals surface area (Å²) in [6.07, 6.45) is 3.33. The smallest absolute Gasteiger partial charge is 0.343 e. The molecule has 1 aliphatic rings. The summed E-state index contributed by atoms with van der Waals surface area (Å²) in [5, 5.41) is 0. The predicted molar refractivity (Wildman–Crippen MR) is 108 cm³/mol. The first-order valence-electron chi connectivity index (χ1n) is 9.90. The number of carbonyl (C=O) groups is 1. The van der Waals surface area contributed by atoms with Gasteiger partial charge in [-0.2, -0.15) is 0 Å². The van der Waals surface area contributed by atoms with Gasteiger partial charge >= 0.3 is 5.97 Å². The van der Waals surface area contributed by atoms with Crippen molar-refractivity contribution in [3.63, 3.8) is 0 Å². The molecule has 1 heterocycles. The van der Waals surface area contributed by atoms with Crippen molar-refractivity contribution in [2.24, 2.45) is 0 Å². The minimum atomic E-state index is -0.319. The number of esters is 1. The van der Waals surface area contributed by atoms with Gasteiger partial charge in [-0.25, -0.2) is 4.79 Å². The highest BCUT2D eigenvalue weighted by molar-refractivity contribution is 5.92. The lowest BCUT2D eigenvalue weighted by molar-refractivity contribution is 0.0734. The number of hydrogen-bond donors (Lipinski definition) is 0. The Balaban J connectivity index is 1.64. The first-order valence-corrected chi connectivity index (χ1v) is 9.90. The molecule has 1 unspecified atom stereocenters. The molecule has 27 heavy (non-hydrogen) atoms. The van der Waals surface area contributed by atoms with Gasteiger partial charge in [-0.05, 0) is 62.7 Å². The highest BCUT2D eigenvalue weighted by Gasteiger charge is 2.25. The monoisotopic (exact) mass is 367 g/mol. The van der Waals surface area contributed by atoms with E-state index in [1.54, 1.807) is 6.07 Å². The standard InChI is InChI=1S/C23H29NO3/c1-4-12-24(13-5-2)16-20-15-18-14-19(10-11-22(18)26-20)27-23(25)21-9-7-6-8-17(21)3/h6-11,14,20H,4-5,12-13,15-16H2,1-3H3. The zero-order valence-corrected chi connectivity index (χ0v) is 16.5. The van der Waals surface area contributed by atoms with Gasteiger partial charge in [0.1, 0.15) is 17.6 Å². The van der Waals surface area contributed by atoms with E-state index in [4.69, 9.17) is 9.47 Å². The Labute approximate surface area is 162 Å². The summed E-state index contributed by atoms with van der Waals surface area (Å²) in [5.74, 6) is 1.16. The molecule has 0 saturated carbocycles. The Hall–Kier alpha value is -2.33. The van der Waals surface area contributed by atoms with Crippen LogP contribution in [0, 0.1) is 6.92 Å². The van der Waals surface area contributed by atoms with Crippen LogP contribution in [0.15, 0.2) is 42.5 Å². The van der Waals surface area contributed by atoms with E-state index < -0.39 is 0 Å². The molecule has 0 spiro atoms. The van der Waals surface area contributed by atoms with E-state index in [2.05, 4.69) is 18.7 Å². The van der Waals surface area contributed by atoms with E-state index in [0.29, 0.717) is 11.3 Å². The number of aryl methyl sites for hydroxylation is 1. The third kappa shape index (κ3) is 4.89. The van der Waals surface area contributed by atoms with E-state index in [9.17, 15) is 4.79 Å². The summed E-state index contributed by atoms with van der Waals surface area (Å²) in [7, 11) is 0. The number of rotatable bonds is 8. The van der Waals surface area contributed by atoms with Crippen molar-refractivity contribution in [3.05, 3.63) is 59.2 Å². The molecule has 1 aliphatic heterocycles. The number of nitrogens with zero attached hydrogens (tertiary/aromatic N) is 1. The fraction of sp³-hybridized carbons (Fsp3) is 0.435. The molecule has 0 saturated heterocycles. The van der Waals surface area contributed by atoms with Gasteiger partial charge in [0.25, 0.3) is 0 Å². The minimum absolute atomic E-state index is 0.167. The number of hydrogen-bond acceptors (Lipinski definition) is 4. The van der Waals surface area contributed by atoms with Crippen molar-refractivity contribution < 1.29 is 14.3 Å². The van der Waals surface area contributed by atoms with E-state index in [-0.39, 0.29) is 12.1 Å². The van der Waals surface area contributed by atoms with Gasteiger partial charge in [-0.15, -0.1) is 0 Å². The van der Waals surface area contributed by atoms with E-state index in [1.165, 1.54) is 0 Å². The van der Waals surface area contributed by atoms with Crippen LogP contribution < -0.4 is 9.47 Å². The van der Waals surface area contributed by atoms with Crippen molar-refractivity contribution in [1.82, 2.24) is 4.90 Å². The minimum Gasteiger partial charge on any atom is -0.488 e. The maximum absolute atomic E-state index is 12.4. The SMILES string of the molecule is CCCN(CCC)CC1Cc2cc(OC(=O)c3ccccc3C)ccc2O1. The van der Waals surface area contributed by atoms with Crippen LogP contribution in [0.4, 0.5) is 0 Å². The van der Waals surface area contributed by atoms with Crippen molar-refractivity contribution in [3.8, 4) is 11.5 Å². The number of benzene rings is 2. The topological polar surface area (TPSA) is 38.8 Å². The Bertz CT molecular complexity index is 781. The molecule has 0 aromatic heterocycles. The molecular weight excluding hydrogens is 338 g/mol. The second-order valence-electron chi connectivity index (χ2n) is 7.22. The molecule has 0 amide bonds. The van der Waals surface area contributed by atoms with Crippen molar-refractivity contribution in [1.29, 1.82) is 0 Å². The maximum Gasteiger partial charge on any atom is 0.343 e. The average Bonchev–Trinajstić information content (AvgIpc) is 3.04. The van der Waals surface area contributed by atoms with Crippen molar-refractivity contribution >= 4 is 5.97 Å². The van der Waals surface area contributed by atoms with Crippen LogP contribution in [-0.2, 0) is 6.42 Å². The van der Waals surface area contributed by atoms with Crippen molar-refractivity contribution in [2.75, 3.05) is 19.6 Å². The lowest BCUT2D eigenvalue weighted by Crippen LogP contribution is -2.35. The molecule has 0 N–H and O–H groups in total. The largest absolute Gasteiger partial charge is 0.488 e. The van der Waals surface area contributed by atoms with E-state index >= 15 is 0 Å². The molecule has 4 heteroatoms. The highest BCUT2D eigenvalue weighted by Crippen LogP contribution is 2.32. The normalized spacial score (nSPS) is 15.5. The van der Waals surface area contributed by atoms with Gasteiger partial charge in [0.15, 0.2) is 0 Å². The first kappa shape index (κ1) is 19.4. The zero-order chi connectivity index (χ0) is 19.2. The van der Waals surface area contributed by atoms with E-state index in [1.807, 2.05) is 43.3 Å². The van der Waals surface area contributed by atoms with Crippen LogP contribution in [0.5, 0.6) is 11.5 Å². The van der Waals surface area contributed by atoms with Crippen LogP contribution in [0.25, 0.3) is 0 Å². The molecule has 144 valence electrons. The zero-order valence-electron chi connectivity index (χ0n) is 16.5. The third-order valence-corrected chi connectivity index (χ3v) is 4.89. The molecule has 2 aromatic rings. The summed E-state index contributed by atoms with van der Waals surface area (Å²) >= 11 is 0. The first-order chi connectivity index (χ1) is 13.1. The third-order valence-electron chi connectivity index (χ3n) is 4.89. The van der Waals surface area contributed by atoms with E-state index in [0.717, 1.165) is 55.8 Å². The molecule has 4 nitrogen and oxygen atoms in total. The van der Waals surface area contributed by atoms with Crippen molar-refractivity contribution in [2.45, 2.75) is 46.1 Å². The Morgan fingerprint density at radius 1 is 1.15 bits per heavy atom. The summed E-state index contributed by atoms with van der Waals surface area (Å²) in [6.45, 7) is 9.47. The van der Waals surface area contributed by atoms with Crippen LogP contribution in [0.1, 0.15) is 48.2 Å². The van der Waals surface area contributed by atoms with Gasteiger partial charge in [-0.1, -0.05) is 32.0 Å². The van der Waals surface area contributed by atoms with Crippen LogP contribution in [0.3, 0.4) is 0 Å². The summed E-state index contributed by atoms with van der Waals surface area (Å²) in [5.41, 5.74) is 2.63. The second-order valence-corrected chi connectivity index (χ2v) is 7.22. The Morgan fingerprint density at radius 2 is 1.89 bits per heavy atom. The van der Waals surface area contributed by atoms with Gasteiger partial charge in [0, 0.05) is 18.5 Å². The summed E-state index contributed by atoms with van der Waals surface area (Å²) in [6, 6.07) is 13.1. The average molecular weight is 367 g/mol. The number of fused-ring (bicyclic) bond motifs is 1. The molecule has 3 rings (SSSR count). The second kappa shape index (κ2) is 9.05. The maximum atomic E-state index is 12.4. The lowest BCUT2D eigenvalue weighted by atomic mass is 10.1. The Kier molecular flexibility index (Phi) is 6.51. The van der Waals surface area contributed by atoms with Crippen LogP contribution in [0.2, 0.25) is 0 Å². The van der Waals surface area contributed by atoms with Crippen LogP contribution in [-0.4, -0.2) is 36.6 Å². The quantitative estimate of drug-likeness (QED) is 0.503. The Morgan fingerprint density at radius 3 is 2.59 bits per heavy atom.